The highest BCUT2D eigenvalue weighted by Gasteiger charge is 2.02. The van der Waals surface area contributed by atoms with Gasteiger partial charge in [0.05, 0.1) is 0 Å². The molecule has 2 N–H and O–H groups in total. The molecule has 0 aliphatic carbocycles. The minimum absolute atomic E-state index is 0.0303. The van der Waals surface area contributed by atoms with Crippen molar-refractivity contribution in [3.63, 3.8) is 0 Å². The van der Waals surface area contributed by atoms with Gasteiger partial charge in [0.2, 0.25) is 0 Å². The number of anilines is 1. The molecule has 0 unspecified atom stereocenters. The number of nitrogens with zero attached hydrogens (tertiary/aromatic N) is 2. The number of aromatic nitrogens is 2. The van der Waals surface area contributed by atoms with E-state index in [0.29, 0.717) is 12.4 Å². The molecule has 0 aliphatic heterocycles. The van der Waals surface area contributed by atoms with Crippen LogP contribution in [0.3, 0.4) is 0 Å². The number of ether oxygens (including phenoxy) is 1. The summed E-state index contributed by atoms with van der Waals surface area (Å²) < 4.78 is 6.98. The molecule has 0 saturated carbocycles. The molecule has 1 aromatic heterocycles. The molecule has 0 bridgehead atoms. The van der Waals surface area contributed by atoms with Crippen LogP contribution in [0.25, 0.3) is 0 Å². The molecule has 62 valence electrons. The first-order valence-electron chi connectivity index (χ1n) is 3.66. The van der Waals surface area contributed by atoms with Crippen LogP contribution in [0.2, 0.25) is 0 Å². The quantitative estimate of drug-likeness (QED) is 0.709. The zero-order valence-electron chi connectivity index (χ0n) is 6.82. The van der Waals surface area contributed by atoms with Gasteiger partial charge >= 0.3 is 0 Å². The van der Waals surface area contributed by atoms with Crippen molar-refractivity contribution in [1.82, 2.24) is 9.78 Å². The fourth-order valence-electron chi connectivity index (χ4n) is 0.873. The van der Waals surface area contributed by atoms with Crippen LogP contribution in [0.15, 0.2) is 12.3 Å². The zero-order chi connectivity index (χ0) is 8.27. The molecule has 1 aromatic rings. The minimum atomic E-state index is -0.0303. The highest BCUT2D eigenvalue weighted by molar-refractivity contribution is 5.23. The van der Waals surface area contributed by atoms with Crippen LogP contribution in [-0.4, -0.2) is 16.4 Å². The average molecular weight is 155 g/mol. The van der Waals surface area contributed by atoms with Crippen molar-refractivity contribution in [1.29, 1.82) is 0 Å². The summed E-state index contributed by atoms with van der Waals surface area (Å²) in [5.74, 6) is 0.525. The molecule has 11 heavy (non-hydrogen) atoms. The van der Waals surface area contributed by atoms with Gasteiger partial charge in [-0.2, -0.15) is 5.10 Å². The highest BCUT2D eigenvalue weighted by Crippen LogP contribution is 2.07. The summed E-state index contributed by atoms with van der Waals surface area (Å²) in [7, 11) is 0. The van der Waals surface area contributed by atoms with E-state index >= 15 is 0 Å². The van der Waals surface area contributed by atoms with Gasteiger partial charge < -0.3 is 10.5 Å². The third-order valence-corrected chi connectivity index (χ3v) is 1.41. The van der Waals surface area contributed by atoms with Gasteiger partial charge in [-0.15, -0.1) is 0 Å². The summed E-state index contributed by atoms with van der Waals surface area (Å²) in [6.07, 6.45) is 1.77. The second-order valence-corrected chi connectivity index (χ2v) is 2.28. The van der Waals surface area contributed by atoms with E-state index in [1.807, 2.05) is 13.8 Å². The van der Waals surface area contributed by atoms with E-state index in [-0.39, 0.29) is 6.23 Å². The summed E-state index contributed by atoms with van der Waals surface area (Å²) in [5.41, 5.74) is 5.43. The summed E-state index contributed by atoms with van der Waals surface area (Å²) in [6, 6.07) is 1.75. The number of nitrogen functional groups attached to an aromatic ring is 1. The molecule has 0 radical (unpaired) electrons. The third-order valence-electron chi connectivity index (χ3n) is 1.41. The fraction of sp³-hybridized carbons (Fsp3) is 0.571. The van der Waals surface area contributed by atoms with Gasteiger partial charge in [0.15, 0.2) is 0 Å². The maximum Gasteiger partial charge on any atom is 0.147 e. The maximum absolute atomic E-state index is 5.43. The van der Waals surface area contributed by atoms with Gasteiger partial charge in [0.25, 0.3) is 0 Å². The van der Waals surface area contributed by atoms with E-state index < -0.39 is 0 Å². The molecule has 4 nitrogen and oxygen atoms in total. The van der Waals surface area contributed by atoms with Crippen LogP contribution < -0.4 is 5.73 Å². The lowest BCUT2D eigenvalue weighted by Crippen LogP contribution is -2.09. The van der Waals surface area contributed by atoms with E-state index in [9.17, 15) is 0 Å². The molecular weight excluding hydrogens is 142 g/mol. The zero-order valence-corrected chi connectivity index (χ0v) is 6.82. The van der Waals surface area contributed by atoms with Crippen molar-refractivity contribution in [3.05, 3.63) is 12.3 Å². The van der Waals surface area contributed by atoms with Crippen LogP contribution >= 0.6 is 0 Å². The van der Waals surface area contributed by atoms with Gasteiger partial charge in [0, 0.05) is 18.9 Å². The Morgan fingerprint density at radius 3 is 3.00 bits per heavy atom. The molecule has 1 atom stereocenters. The van der Waals surface area contributed by atoms with Gasteiger partial charge in [0.1, 0.15) is 12.0 Å². The lowest BCUT2D eigenvalue weighted by molar-refractivity contribution is 0.0161. The molecule has 0 aliphatic rings. The van der Waals surface area contributed by atoms with Crippen molar-refractivity contribution < 1.29 is 4.74 Å². The SMILES string of the molecule is CCO[C@H](C)n1ccc(N)n1. The fourth-order valence-corrected chi connectivity index (χ4v) is 0.873. The third kappa shape index (κ3) is 1.94. The number of nitrogens with two attached hydrogens (primary N) is 1. The predicted octanol–water partition coefficient (Wildman–Crippen LogP) is 1.02. The monoisotopic (exact) mass is 155 g/mol. The standard InChI is InChI=1S/C7H13N3O/c1-3-11-6(2)10-5-4-7(8)9-10/h4-6H,3H2,1-2H3,(H2,8,9)/t6-/m1/s1. The van der Waals surface area contributed by atoms with E-state index in [2.05, 4.69) is 5.10 Å². The molecule has 1 heterocycles. The van der Waals surface area contributed by atoms with Gasteiger partial charge in [-0.25, -0.2) is 4.68 Å². The largest absolute Gasteiger partial charge is 0.382 e. The molecule has 0 fully saturated rings. The van der Waals surface area contributed by atoms with E-state index in [0.717, 1.165) is 0 Å². The molecular formula is C7H13N3O. The molecule has 0 spiro atoms. The second-order valence-electron chi connectivity index (χ2n) is 2.28. The predicted molar refractivity (Wildman–Crippen MR) is 43.0 cm³/mol. The van der Waals surface area contributed by atoms with E-state index in [4.69, 9.17) is 10.5 Å². The van der Waals surface area contributed by atoms with Gasteiger partial charge in [-0.1, -0.05) is 0 Å². The summed E-state index contributed by atoms with van der Waals surface area (Å²) in [4.78, 5) is 0. The van der Waals surface area contributed by atoms with E-state index in [1.165, 1.54) is 0 Å². The van der Waals surface area contributed by atoms with Crippen LogP contribution in [0, 0.1) is 0 Å². The number of rotatable bonds is 3. The smallest absolute Gasteiger partial charge is 0.147 e. The number of hydrogen-bond acceptors (Lipinski definition) is 3. The number of hydrogen-bond donors (Lipinski definition) is 1. The summed E-state index contributed by atoms with van der Waals surface area (Å²) >= 11 is 0. The van der Waals surface area contributed by atoms with Crippen LogP contribution in [0.1, 0.15) is 20.1 Å². The van der Waals surface area contributed by atoms with Gasteiger partial charge in [-0.3, -0.25) is 0 Å². The van der Waals surface area contributed by atoms with Crippen molar-refractivity contribution in [2.75, 3.05) is 12.3 Å². The molecule has 0 amide bonds. The Kier molecular flexibility index (Phi) is 2.48. The van der Waals surface area contributed by atoms with Crippen molar-refractivity contribution in [3.8, 4) is 0 Å². The Balaban J connectivity index is 2.60. The Hall–Kier alpha value is -1.03. The first kappa shape index (κ1) is 8.07. The molecule has 0 saturated heterocycles. The first-order chi connectivity index (χ1) is 5.24. The Morgan fingerprint density at radius 2 is 2.55 bits per heavy atom. The molecule has 4 heteroatoms. The summed E-state index contributed by atoms with van der Waals surface area (Å²) in [5, 5.41) is 4.00. The average Bonchev–Trinajstić information content (AvgIpc) is 2.36. The van der Waals surface area contributed by atoms with Crippen LogP contribution in [-0.2, 0) is 4.74 Å². The van der Waals surface area contributed by atoms with Crippen molar-refractivity contribution in [2.24, 2.45) is 0 Å². The maximum atomic E-state index is 5.43. The Morgan fingerprint density at radius 1 is 1.82 bits per heavy atom. The van der Waals surface area contributed by atoms with Gasteiger partial charge in [-0.05, 0) is 13.8 Å². The normalized spacial score (nSPS) is 13.3. The first-order valence-corrected chi connectivity index (χ1v) is 3.66. The topological polar surface area (TPSA) is 53.1 Å². The summed E-state index contributed by atoms with van der Waals surface area (Å²) in [6.45, 7) is 4.56. The molecule has 0 aromatic carbocycles. The Labute approximate surface area is 66.0 Å². The van der Waals surface area contributed by atoms with Crippen LogP contribution in [0.5, 0.6) is 0 Å². The van der Waals surface area contributed by atoms with Crippen molar-refractivity contribution in [2.45, 2.75) is 20.1 Å². The highest BCUT2D eigenvalue weighted by atomic mass is 16.5. The lowest BCUT2D eigenvalue weighted by atomic mass is 10.6. The minimum Gasteiger partial charge on any atom is -0.382 e. The lowest BCUT2D eigenvalue weighted by Gasteiger charge is -2.10. The van der Waals surface area contributed by atoms with Crippen molar-refractivity contribution >= 4 is 5.82 Å². The molecule has 1 rings (SSSR count). The van der Waals surface area contributed by atoms with E-state index in [1.54, 1.807) is 16.9 Å². The second kappa shape index (κ2) is 3.39. The Bertz CT molecular complexity index is 221. The van der Waals surface area contributed by atoms with Crippen LogP contribution in [0.4, 0.5) is 5.82 Å².